The number of carbonyl (C=O) groups is 1. The third kappa shape index (κ3) is 5.20. The van der Waals surface area contributed by atoms with Gasteiger partial charge in [0.25, 0.3) is 11.9 Å². The third-order valence-corrected chi connectivity index (χ3v) is 6.18. The lowest BCUT2D eigenvalue weighted by molar-refractivity contribution is -0.111. The minimum atomic E-state index is -0.314. The number of amides is 1. The molecule has 1 aromatic heterocycles. The van der Waals surface area contributed by atoms with Gasteiger partial charge in [0.05, 0.1) is 19.2 Å². The summed E-state index contributed by atoms with van der Waals surface area (Å²) in [7, 11) is 1.62. The molecule has 2 heterocycles. The highest BCUT2D eigenvalue weighted by molar-refractivity contribution is 6.30. The number of methoxy groups -OCH3 is 1. The zero-order chi connectivity index (χ0) is 24.2. The zero-order valence-corrected chi connectivity index (χ0v) is 19.8. The second kappa shape index (κ2) is 10.0. The van der Waals surface area contributed by atoms with Crippen molar-refractivity contribution in [2.75, 3.05) is 17.7 Å². The van der Waals surface area contributed by atoms with Gasteiger partial charge in [0.15, 0.2) is 0 Å². The maximum absolute atomic E-state index is 12.5. The van der Waals surface area contributed by atoms with Crippen molar-refractivity contribution in [3.63, 3.8) is 0 Å². The zero-order valence-electron chi connectivity index (χ0n) is 19.1. The average Bonchev–Trinajstić information content (AvgIpc) is 3.30. The maximum Gasteiger partial charge on any atom is 0.250 e. The molecule has 2 N–H and O–H groups in total. The Morgan fingerprint density at radius 1 is 1.06 bits per heavy atom. The fourth-order valence-electron chi connectivity index (χ4n) is 4.14. The first-order valence-corrected chi connectivity index (χ1v) is 11.6. The minimum Gasteiger partial charge on any atom is -0.497 e. The summed E-state index contributed by atoms with van der Waals surface area (Å²) >= 11 is 6.12. The number of benzene rings is 3. The van der Waals surface area contributed by atoms with Gasteiger partial charge in [0.1, 0.15) is 5.75 Å². The molecule has 0 fully saturated rings. The molecule has 0 radical (unpaired) electrons. The van der Waals surface area contributed by atoms with Crippen molar-refractivity contribution in [1.82, 2.24) is 14.8 Å². The summed E-state index contributed by atoms with van der Waals surface area (Å²) in [6, 6.07) is 25.4. The molecule has 8 heteroatoms. The number of carbonyl (C=O) groups excluding carboxylic acids is 1. The molecule has 5 rings (SSSR count). The number of fused-ring (bicyclic) bond motifs is 1. The first-order chi connectivity index (χ1) is 17.1. The molecule has 0 saturated heterocycles. The van der Waals surface area contributed by atoms with Crippen molar-refractivity contribution in [1.29, 1.82) is 0 Å². The number of nitrogens with one attached hydrogen (secondary N) is 2. The highest BCUT2D eigenvalue weighted by Gasteiger charge is 2.31. The average molecular weight is 486 g/mol. The fraction of sp³-hybridized carbons (Fsp3) is 0.148. The predicted molar refractivity (Wildman–Crippen MR) is 138 cm³/mol. The molecule has 0 saturated carbocycles. The van der Waals surface area contributed by atoms with Gasteiger partial charge in [-0.1, -0.05) is 66.2 Å². The summed E-state index contributed by atoms with van der Waals surface area (Å²) in [5, 5.41) is 11.5. The van der Waals surface area contributed by atoms with Gasteiger partial charge in [-0.15, -0.1) is 5.10 Å². The van der Waals surface area contributed by atoms with Crippen LogP contribution in [0.1, 0.15) is 35.2 Å². The minimum absolute atomic E-state index is 0.0482. The van der Waals surface area contributed by atoms with E-state index < -0.39 is 0 Å². The van der Waals surface area contributed by atoms with Gasteiger partial charge in [-0.05, 0) is 53.5 Å². The molecule has 0 bridgehead atoms. The van der Waals surface area contributed by atoms with Gasteiger partial charge in [-0.25, -0.2) is 4.68 Å². The molecule has 7 nitrogen and oxygen atoms in total. The van der Waals surface area contributed by atoms with E-state index in [1.54, 1.807) is 13.2 Å². The molecule has 0 spiro atoms. The summed E-state index contributed by atoms with van der Waals surface area (Å²) < 4.78 is 6.99. The highest BCUT2D eigenvalue weighted by Crippen LogP contribution is 2.38. The Labute approximate surface area is 208 Å². The van der Waals surface area contributed by atoms with Gasteiger partial charge < -0.3 is 10.1 Å². The molecular weight excluding hydrogens is 462 g/mol. The van der Waals surface area contributed by atoms with Crippen LogP contribution in [0.4, 0.5) is 11.9 Å². The standard InChI is InChI=1S/C27H24ClN5O2/c1-35-22-14-7-18(8-15-22)9-16-25(34)30-26-31-27-29-23(19-5-3-2-4-6-19)17-24(33(27)32-26)20-10-12-21(28)13-11-20/h2-16,23-24H,17H2,1H3,(H2,29,30,31,32,34)/b16-9+/t23-,24-/m0/s1. The number of rotatable bonds is 6. The molecule has 0 unspecified atom stereocenters. The lowest BCUT2D eigenvalue weighted by Crippen LogP contribution is -2.28. The van der Waals surface area contributed by atoms with Crippen LogP contribution in [0.5, 0.6) is 5.75 Å². The van der Waals surface area contributed by atoms with E-state index in [0.717, 1.165) is 28.9 Å². The smallest absolute Gasteiger partial charge is 0.250 e. The molecule has 1 amide bonds. The Balaban J connectivity index is 1.38. The Morgan fingerprint density at radius 3 is 2.51 bits per heavy atom. The summed E-state index contributed by atoms with van der Waals surface area (Å²) in [5.41, 5.74) is 3.11. The number of aromatic nitrogens is 3. The van der Waals surface area contributed by atoms with E-state index in [9.17, 15) is 4.79 Å². The molecule has 1 aliphatic rings. The SMILES string of the molecule is COc1ccc(/C=C/C(=O)Nc2nc3n(n2)[C@H](c2ccc(Cl)cc2)C[C@@H](c2ccccc2)N3)cc1. The molecule has 4 aromatic rings. The fourth-order valence-corrected chi connectivity index (χ4v) is 4.26. The predicted octanol–water partition coefficient (Wildman–Crippen LogP) is 5.74. The topological polar surface area (TPSA) is 81.1 Å². The van der Waals surface area contributed by atoms with Crippen LogP contribution in [0, 0.1) is 0 Å². The van der Waals surface area contributed by atoms with E-state index in [1.165, 1.54) is 6.08 Å². The number of ether oxygens (including phenoxy) is 1. The molecule has 2 atom stereocenters. The summed E-state index contributed by atoms with van der Waals surface area (Å²) in [6.07, 6.45) is 3.95. The molecule has 3 aromatic carbocycles. The van der Waals surface area contributed by atoms with Gasteiger partial charge in [-0.2, -0.15) is 4.98 Å². The number of halogens is 1. The van der Waals surface area contributed by atoms with E-state index in [0.29, 0.717) is 11.0 Å². The first-order valence-electron chi connectivity index (χ1n) is 11.3. The van der Waals surface area contributed by atoms with E-state index in [1.807, 2.05) is 71.4 Å². The number of hydrogen-bond donors (Lipinski definition) is 2. The van der Waals surface area contributed by atoms with Gasteiger partial charge in [0.2, 0.25) is 5.95 Å². The molecule has 1 aliphatic heterocycles. The third-order valence-electron chi connectivity index (χ3n) is 5.92. The number of hydrogen-bond acceptors (Lipinski definition) is 5. The molecule has 0 aliphatic carbocycles. The Morgan fingerprint density at radius 2 is 1.80 bits per heavy atom. The van der Waals surface area contributed by atoms with Crippen molar-refractivity contribution < 1.29 is 9.53 Å². The van der Waals surface area contributed by atoms with Crippen LogP contribution in [-0.2, 0) is 4.79 Å². The first kappa shape index (κ1) is 22.7. The van der Waals surface area contributed by atoms with Crippen LogP contribution in [0.25, 0.3) is 6.08 Å². The van der Waals surface area contributed by atoms with E-state index in [2.05, 4.69) is 32.8 Å². The van der Waals surface area contributed by atoms with Gasteiger partial charge >= 0.3 is 0 Å². The molecule has 35 heavy (non-hydrogen) atoms. The van der Waals surface area contributed by atoms with Crippen LogP contribution >= 0.6 is 11.6 Å². The van der Waals surface area contributed by atoms with E-state index >= 15 is 0 Å². The van der Waals surface area contributed by atoms with Crippen molar-refractivity contribution >= 4 is 35.5 Å². The van der Waals surface area contributed by atoms with Crippen molar-refractivity contribution in [3.8, 4) is 5.75 Å². The lowest BCUT2D eigenvalue weighted by atomic mass is 9.93. The number of anilines is 2. The maximum atomic E-state index is 12.5. The van der Waals surface area contributed by atoms with Crippen LogP contribution in [0.15, 0.2) is 84.9 Å². The summed E-state index contributed by atoms with van der Waals surface area (Å²) in [6.45, 7) is 0. The number of nitrogens with zero attached hydrogens (tertiary/aromatic N) is 3. The van der Waals surface area contributed by atoms with E-state index in [-0.39, 0.29) is 23.9 Å². The Bertz CT molecular complexity index is 1330. The van der Waals surface area contributed by atoms with Crippen molar-refractivity contribution in [3.05, 3.63) is 107 Å². The van der Waals surface area contributed by atoms with Crippen LogP contribution in [-0.4, -0.2) is 27.8 Å². The van der Waals surface area contributed by atoms with Gasteiger partial charge in [0, 0.05) is 11.1 Å². The monoisotopic (exact) mass is 485 g/mol. The summed E-state index contributed by atoms with van der Waals surface area (Å²) in [4.78, 5) is 17.1. The summed E-state index contributed by atoms with van der Waals surface area (Å²) in [5.74, 6) is 1.28. The highest BCUT2D eigenvalue weighted by atomic mass is 35.5. The lowest BCUT2D eigenvalue weighted by Gasteiger charge is -2.31. The van der Waals surface area contributed by atoms with E-state index in [4.69, 9.17) is 16.3 Å². The van der Waals surface area contributed by atoms with Crippen LogP contribution in [0.2, 0.25) is 5.02 Å². The Kier molecular flexibility index (Phi) is 6.50. The normalized spacial score (nSPS) is 17.0. The second-order valence-corrected chi connectivity index (χ2v) is 8.65. The van der Waals surface area contributed by atoms with Gasteiger partial charge in [-0.3, -0.25) is 10.1 Å². The van der Waals surface area contributed by atoms with Crippen LogP contribution in [0.3, 0.4) is 0 Å². The molecular formula is C27H24ClN5O2. The quantitative estimate of drug-likeness (QED) is 0.340. The second-order valence-electron chi connectivity index (χ2n) is 8.21. The molecule has 176 valence electrons. The van der Waals surface area contributed by atoms with Crippen molar-refractivity contribution in [2.45, 2.75) is 18.5 Å². The largest absolute Gasteiger partial charge is 0.497 e. The van der Waals surface area contributed by atoms with Crippen LogP contribution < -0.4 is 15.4 Å². The Hall–Kier alpha value is -4.10. The van der Waals surface area contributed by atoms with Crippen molar-refractivity contribution in [2.24, 2.45) is 0 Å².